The third kappa shape index (κ3) is 6.19. The van der Waals surface area contributed by atoms with Gasteiger partial charge in [-0.1, -0.05) is 6.07 Å². The molecule has 0 aliphatic rings. The average Bonchev–Trinajstić information content (AvgIpc) is 2.09. The minimum atomic E-state index is -1.75. The molecule has 0 spiro atoms. The molecule has 1 rings (SSSR count). The number of hydrogen-bond donors (Lipinski definition) is 3. The van der Waals surface area contributed by atoms with Crippen LogP contribution >= 0.6 is 0 Å². The highest BCUT2D eigenvalue weighted by Gasteiger charge is 1.95. The van der Waals surface area contributed by atoms with Gasteiger partial charge in [0, 0.05) is 0 Å². The number of aryl methyl sites for hydroxylation is 2. The molecule has 0 aliphatic carbocycles. The van der Waals surface area contributed by atoms with Crippen LogP contribution < -0.4 is 16.5 Å². The quantitative estimate of drug-likeness (QED) is 0.246. The van der Waals surface area contributed by atoms with Crippen molar-refractivity contribution in [2.24, 2.45) is 11.5 Å². The van der Waals surface area contributed by atoms with E-state index in [-0.39, 0.29) is 5.96 Å². The van der Waals surface area contributed by atoms with Crippen molar-refractivity contribution >= 4 is 11.6 Å². The van der Waals surface area contributed by atoms with E-state index in [1.165, 1.54) is 11.1 Å². The molecule has 88 valence electrons. The molecule has 0 heterocycles. The van der Waals surface area contributed by atoms with Crippen molar-refractivity contribution in [1.29, 1.82) is 0 Å². The molecule has 0 atom stereocenters. The largest absolute Gasteiger partial charge is 0.356 e. The van der Waals surface area contributed by atoms with Gasteiger partial charge in [0.1, 0.15) is 0 Å². The fourth-order valence-electron chi connectivity index (χ4n) is 0.986. The van der Waals surface area contributed by atoms with Crippen molar-refractivity contribution < 1.29 is 10.1 Å². The number of benzene rings is 1. The van der Waals surface area contributed by atoms with Crippen LogP contribution in [0.15, 0.2) is 18.2 Å². The zero-order valence-corrected chi connectivity index (χ0v) is 9.06. The Bertz CT molecular complexity index is 396. The summed E-state index contributed by atoms with van der Waals surface area (Å²) in [5.74, 6) is 0.221. The van der Waals surface area contributed by atoms with E-state index in [1.807, 2.05) is 25.1 Å². The van der Waals surface area contributed by atoms with E-state index in [9.17, 15) is 0 Å². The second-order valence-corrected chi connectivity index (χ2v) is 3.10. The summed E-state index contributed by atoms with van der Waals surface area (Å²) in [7, 11) is 0. The van der Waals surface area contributed by atoms with Gasteiger partial charge in [-0.05, 0) is 37.1 Å². The van der Waals surface area contributed by atoms with Gasteiger partial charge < -0.3 is 15.3 Å². The zero-order chi connectivity index (χ0) is 12.7. The second kappa shape index (κ2) is 6.23. The fourth-order valence-corrected chi connectivity index (χ4v) is 0.986. The molecule has 5 N–H and O–H groups in total. The molecule has 0 unspecified atom stereocenters. The van der Waals surface area contributed by atoms with Gasteiger partial charge in [0.15, 0.2) is 0 Å². The number of guanidine groups is 1. The summed E-state index contributed by atoms with van der Waals surface area (Å²) in [6.45, 7) is 4.11. The van der Waals surface area contributed by atoms with Crippen molar-refractivity contribution in [3.05, 3.63) is 44.6 Å². The molecule has 1 aromatic carbocycles. The van der Waals surface area contributed by atoms with E-state index in [4.69, 9.17) is 26.8 Å². The molecular formula is C9H14N4O3. The van der Waals surface area contributed by atoms with Crippen LogP contribution in [0.5, 0.6) is 0 Å². The summed E-state index contributed by atoms with van der Waals surface area (Å²) in [6.07, 6.45) is 0. The predicted molar refractivity (Wildman–Crippen MR) is 60.3 cm³/mol. The Balaban J connectivity index is 0.000000487. The number of nitrogens with zero attached hydrogens (tertiary/aromatic N) is 1. The van der Waals surface area contributed by atoms with Gasteiger partial charge in [-0.3, -0.25) is 11.5 Å². The van der Waals surface area contributed by atoms with Gasteiger partial charge in [0.2, 0.25) is 0 Å². The minimum Gasteiger partial charge on any atom is -0.356 e. The Kier molecular flexibility index (Phi) is 5.33. The standard InChI is InChI=1S/C9H13N3.NO3/c1-6-3-4-8(5-7(6)2)12-9(10)11;2-1(3)4/h3-5H,1-2H3,(H4,10,11,12);/q;-1/p+1. The monoisotopic (exact) mass is 226 g/mol. The van der Waals surface area contributed by atoms with Gasteiger partial charge in [-0.15, -0.1) is 0 Å². The van der Waals surface area contributed by atoms with E-state index in [1.54, 1.807) is 0 Å². The molecule has 16 heavy (non-hydrogen) atoms. The molecule has 1 aromatic rings. The van der Waals surface area contributed by atoms with Crippen molar-refractivity contribution in [2.75, 3.05) is 0 Å². The third-order valence-corrected chi connectivity index (χ3v) is 1.80. The van der Waals surface area contributed by atoms with Crippen LogP contribution in [-0.2, 0) is 0 Å². The molecule has 0 radical (unpaired) electrons. The number of hydrogen-bond acceptors (Lipinski definition) is 3. The third-order valence-electron chi connectivity index (χ3n) is 1.80. The van der Waals surface area contributed by atoms with E-state index in [2.05, 4.69) is 11.9 Å². The Labute approximate surface area is 92.5 Å². The van der Waals surface area contributed by atoms with Crippen LogP contribution in [0.3, 0.4) is 0 Å². The number of nitrogens with one attached hydrogen (secondary N) is 1. The molecule has 0 saturated heterocycles. The minimum absolute atomic E-state index is 0.221. The van der Waals surface area contributed by atoms with E-state index in [0.29, 0.717) is 0 Å². The summed E-state index contributed by atoms with van der Waals surface area (Å²) in [4.78, 5) is 11.1. The normalized spacial score (nSPS) is 8.62. The highest BCUT2D eigenvalue weighted by atomic mass is 16.9. The smallest absolute Gasteiger partial charge is 0.343 e. The molecule has 0 fully saturated rings. The van der Waals surface area contributed by atoms with Crippen LogP contribution in [-0.4, -0.2) is 11.0 Å². The lowest BCUT2D eigenvalue weighted by molar-refractivity contribution is -0.402. The molecule has 0 bridgehead atoms. The first-order valence-corrected chi connectivity index (χ1v) is 4.36. The summed E-state index contributed by atoms with van der Waals surface area (Å²) in [5, 5.41) is 14.8. The Morgan fingerprint density at radius 1 is 1.25 bits per heavy atom. The molecule has 7 heteroatoms. The first-order chi connectivity index (χ1) is 7.32. The topological polar surface area (TPSA) is 132 Å². The van der Waals surface area contributed by atoms with Crippen molar-refractivity contribution in [2.45, 2.75) is 13.8 Å². The molecule has 0 amide bonds. The molecule has 0 aromatic heterocycles. The van der Waals surface area contributed by atoms with E-state index < -0.39 is 5.09 Å². The summed E-state index contributed by atoms with van der Waals surface area (Å²) in [6, 6.07) is 5.98. The number of nitrogens with two attached hydrogens (primary N) is 2. The zero-order valence-electron chi connectivity index (χ0n) is 9.06. The van der Waals surface area contributed by atoms with Crippen LogP contribution in [0.2, 0.25) is 0 Å². The van der Waals surface area contributed by atoms with E-state index in [0.717, 1.165) is 5.69 Å². The summed E-state index contributed by atoms with van der Waals surface area (Å²) >= 11 is 0. The fraction of sp³-hybridized carbons (Fsp3) is 0.222. The van der Waals surface area contributed by atoms with Crippen molar-refractivity contribution in [3.63, 3.8) is 0 Å². The maximum Gasteiger partial charge on any atom is 0.343 e. The van der Waals surface area contributed by atoms with Crippen LogP contribution in [0.25, 0.3) is 0 Å². The van der Waals surface area contributed by atoms with Gasteiger partial charge in [0.25, 0.3) is 0 Å². The predicted octanol–water partition coefficient (Wildman–Crippen LogP) is -0.950. The van der Waals surface area contributed by atoms with Gasteiger partial charge in [0.05, 0.1) is 10.8 Å². The SMILES string of the molecule is Cc1ccc([NH+]=C(N)N)cc1C.O=[N+]([O-])[O-]. The molecule has 0 aliphatic heterocycles. The Morgan fingerprint density at radius 3 is 2.12 bits per heavy atom. The van der Waals surface area contributed by atoms with E-state index >= 15 is 0 Å². The maximum absolute atomic E-state index is 8.25. The van der Waals surface area contributed by atoms with Gasteiger partial charge in [-0.25, -0.2) is 4.99 Å². The van der Waals surface area contributed by atoms with Crippen LogP contribution in [0, 0.1) is 29.2 Å². The Morgan fingerprint density at radius 2 is 1.75 bits per heavy atom. The highest BCUT2D eigenvalue weighted by Crippen LogP contribution is 2.08. The maximum atomic E-state index is 8.25. The lowest BCUT2D eigenvalue weighted by Crippen LogP contribution is -2.72. The highest BCUT2D eigenvalue weighted by molar-refractivity contribution is 5.70. The summed E-state index contributed by atoms with van der Waals surface area (Å²) in [5.41, 5.74) is 14.0. The lowest BCUT2D eigenvalue weighted by atomic mass is 10.1. The van der Waals surface area contributed by atoms with Gasteiger partial charge in [-0.2, -0.15) is 0 Å². The first kappa shape index (κ1) is 13.7. The Hall–Kier alpha value is -2.31. The number of rotatable bonds is 1. The van der Waals surface area contributed by atoms with Crippen LogP contribution in [0.4, 0.5) is 5.69 Å². The van der Waals surface area contributed by atoms with Gasteiger partial charge >= 0.3 is 5.96 Å². The van der Waals surface area contributed by atoms with Crippen molar-refractivity contribution in [3.8, 4) is 0 Å². The summed E-state index contributed by atoms with van der Waals surface area (Å²) < 4.78 is 0. The average molecular weight is 226 g/mol. The molecular weight excluding hydrogens is 212 g/mol. The molecule has 7 nitrogen and oxygen atoms in total. The van der Waals surface area contributed by atoms with Crippen molar-refractivity contribution in [1.82, 2.24) is 0 Å². The second-order valence-electron chi connectivity index (χ2n) is 3.10. The lowest BCUT2D eigenvalue weighted by Gasteiger charge is -1.99. The first-order valence-electron chi connectivity index (χ1n) is 4.36. The van der Waals surface area contributed by atoms with Crippen LogP contribution in [0.1, 0.15) is 11.1 Å². The molecule has 0 saturated carbocycles.